The highest BCUT2D eigenvalue weighted by Gasteiger charge is 2.40. The highest BCUT2D eigenvalue weighted by atomic mass is 32.1. The summed E-state index contributed by atoms with van der Waals surface area (Å²) in [5.41, 5.74) is 1.18. The highest BCUT2D eigenvalue weighted by Crippen LogP contribution is 2.29. The lowest BCUT2D eigenvalue weighted by molar-refractivity contribution is -0.131. The van der Waals surface area contributed by atoms with Gasteiger partial charge in [0.25, 0.3) is 0 Å². The van der Waals surface area contributed by atoms with Gasteiger partial charge in [0.1, 0.15) is 6.17 Å². The van der Waals surface area contributed by atoms with Crippen LogP contribution < -0.4 is 5.32 Å². The molecule has 0 saturated carbocycles. The van der Waals surface area contributed by atoms with E-state index in [2.05, 4.69) is 36.0 Å². The molecular formula is C15H24N2O2S. The third kappa shape index (κ3) is 3.40. The Balaban J connectivity index is 2.05. The summed E-state index contributed by atoms with van der Waals surface area (Å²) < 4.78 is 5.37. The summed E-state index contributed by atoms with van der Waals surface area (Å²) in [5.74, 6) is 0.522. The van der Waals surface area contributed by atoms with Crippen molar-refractivity contribution in [2.24, 2.45) is 5.92 Å². The van der Waals surface area contributed by atoms with E-state index in [4.69, 9.17) is 4.74 Å². The number of nitrogens with zero attached hydrogens (tertiary/aromatic N) is 1. The smallest absolute Gasteiger partial charge is 0.241 e. The largest absolute Gasteiger partial charge is 0.382 e. The summed E-state index contributed by atoms with van der Waals surface area (Å²) in [4.78, 5) is 14.5. The van der Waals surface area contributed by atoms with Crippen LogP contribution in [0.5, 0.6) is 0 Å². The first-order chi connectivity index (χ1) is 9.65. The predicted molar refractivity (Wildman–Crippen MR) is 81.6 cm³/mol. The minimum absolute atomic E-state index is 0.0165. The number of carbonyl (C=O) groups excluding carboxylic acids is 1. The normalized spacial score (nSPS) is 23.0. The van der Waals surface area contributed by atoms with Gasteiger partial charge in [-0.3, -0.25) is 10.1 Å². The Labute approximate surface area is 125 Å². The summed E-state index contributed by atoms with van der Waals surface area (Å²) in [7, 11) is 0. The van der Waals surface area contributed by atoms with Crippen molar-refractivity contribution < 1.29 is 9.53 Å². The van der Waals surface area contributed by atoms with Crippen molar-refractivity contribution in [3.63, 3.8) is 0 Å². The van der Waals surface area contributed by atoms with Crippen LogP contribution >= 0.6 is 11.3 Å². The van der Waals surface area contributed by atoms with E-state index in [0.29, 0.717) is 12.5 Å². The maximum absolute atomic E-state index is 12.5. The first kappa shape index (κ1) is 15.5. The van der Waals surface area contributed by atoms with Crippen LogP contribution in [0.15, 0.2) is 16.8 Å². The van der Waals surface area contributed by atoms with Crippen LogP contribution in [0.1, 0.15) is 38.9 Å². The molecule has 1 aliphatic rings. The number of carbonyl (C=O) groups is 1. The van der Waals surface area contributed by atoms with Gasteiger partial charge in [0.2, 0.25) is 5.91 Å². The Bertz CT molecular complexity index is 420. The zero-order chi connectivity index (χ0) is 14.5. The van der Waals surface area contributed by atoms with Gasteiger partial charge in [0, 0.05) is 19.8 Å². The van der Waals surface area contributed by atoms with E-state index < -0.39 is 0 Å². The molecular weight excluding hydrogens is 272 g/mol. The fraction of sp³-hybridized carbons (Fsp3) is 0.667. The summed E-state index contributed by atoms with van der Waals surface area (Å²) in [6.07, 6.45) is 0.898. The quantitative estimate of drug-likeness (QED) is 0.787. The molecule has 1 aromatic rings. The second-order valence-electron chi connectivity index (χ2n) is 5.43. The second kappa shape index (κ2) is 7.20. The van der Waals surface area contributed by atoms with Gasteiger partial charge < -0.3 is 9.64 Å². The first-order valence-corrected chi connectivity index (χ1v) is 8.25. The molecule has 2 rings (SSSR count). The lowest BCUT2D eigenvalue weighted by Crippen LogP contribution is -2.35. The minimum Gasteiger partial charge on any atom is -0.382 e. The van der Waals surface area contributed by atoms with Gasteiger partial charge in [-0.2, -0.15) is 11.3 Å². The molecule has 1 fully saturated rings. The monoisotopic (exact) mass is 296 g/mol. The van der Waals surface area contributed by atoms with Crippen molar-refractivity contribution in [2.75, 3.05) is 19.8 Å². The van der Waals surface area contributed by atoms with Crippen LogP contribution in [0, 0.1) is 5.92 Å². The lowest BCUT2D eigenvalue weighted by atomic mass is 10.1. The Kier molecular flexibility index (Phi) is 5.57. The molecule has 1 saturated heterocycles. The zero-order valence-electron chi connectivity index (χ0n) is 12.5. The van der Waals surface area contributed by atoms with Gasteiger partial charge in [0.05, 0.1) is 6.04 Å². The summed E-state index contributed by atoms with van der Waals surface area (Å²) in [6, 6.07) is 2.01. The Hall–Kier alpha value is -0.910. The number of hydrogen-bond acceptors (Lipinski definition) is 4. The Morgan fingerprint density at radius 1 is 1.50 bits per heavy atom. The number of ether oxygens (including phenoxy) is 1. The van der Waals surface area contributed by atoms with Crippen molar-refractivity contribution >= 4 is 17.2 Å². The van der Waals surface area contributed by atoms with Crippen molar-refractivity contribution in [3.05, 3.63) is 22.4 Å². The van der Waals surface area contributed by atoms with Gasteiger partial charge >= 0.3 is 0 Å². The van der Waals surface area contributed by atoms with Crippen molar-refractivity contribution in [1.82, 2.24) is 10.2 Å². The molecule has 0 aromatic carbocycles. The number of rotatable bonds is 7. The standard InChI is InChI=1S/C15H24N2O2S/c1-4-19-8-5-7-17-14(12-6-9-20-10-12)16-13(11(2)3)15(17)18/h6,9-11,13-14,16H,4-5,7-8H2,1-3H3. The molecule has 2 unspecified atom stereocenters. The average Bonchev–Trinajstić information content (AvgIpc) is 3.03. The summed E-state index contributed by atoms with van der Waals surface area (Å²) in [6.45, 7) is 8.35. The molecule has 0 aliphatic carbocycles. The number of nitrogens with one attached hydrogen (secondary N) is 1. The number of hydrogen-bond donors (Lipinski definition) is 1. The maximum Gasteiger partial charge on any atom is 0.241 e. The second-order valence-corrected chi connectivity index (χ2v) is 6.21. The molecule has 2 heterocycles. The average molecular weight is 296 g/mol. The fourth-order valence-corrected chi connectivity index (χ4v) is 3.22. The van der Waals surface area contributed by atoms with E-state index in [-0.39, 0.29) is 18.1 Å². The van der Waals surface area contributed by atoms with E-state index in [1.807, 2.05) is 11.8 Å². The molecule has 0 radical (unpaired) electrons. The van der Waals surface area contributed by atoms with Gasteiger partial charge in [-0.05, 0) is 41.7 Å². The predicted octanol–water partition coefficient (Wildman–Crippen LogP) is 2.63. The van der Waals surface area contributed by atoms with Gasteiger partial charge in [-0.1, -0.05) is 13.8 Å². The molecule has 1 aromatic heterocycles. The van der Waals surface area contributed by atoms with Gasteiger partial charge in [-0.15, -0.1) is 0 Å². The van der Waals surface area contributed by atoms with Crippen LogP contribution in [-0.4, -0.2) is 36.6 Å². The highest BCUT2D eigenvalue weighted by molar-refractivity contribution is 7.07. The van der Waals surface area contributed by atoms with Gasteiger partial charge in [-0.25, -0.2) is 0 Å². The number of thiophene rings is 1. The molecule has 4 nitrogen and oxygen atoms in total. The molecule has 2 atom stereocenters. The number of amides is 1. The molecule has 1 N–H and O–H groups in total. The van der Waals surface area contributed by atoms with Crippen LogP contribution in [0.3, 0.4) is 0 Å². The molecule has 1 amide bonds. The van der Waals surface area contributed by atoms with Crippen molar-refractivity contribution in [1.29, 1.82) is 0 Å². The van der Waals surface area contributed by atoms with Crippen LogP contribution in [0.4, 0.5) is 0 Å². The summed E-state index contributed by atoms with van der Waals surface area (Å²) >= 11 is 1.67. The molecule has 20 heavy (non-hydrogen) atoms. The maximum atomic E-state index is 12.5. The minimum atomic E-state index is -0.0769. The van der Waals surface area contributed by atoms with E-state index >= 15 is 0 Å². The van der Waals surface area contributed by atoms with Crippen LogP contribution in [-0.2, 0) is 9.53 Å². The molecule has 0 bridgehead atoms. The molecule has 5 heteroatoms. The van der Waals surface area contributed by atoms with E-state index in [1.165, 1.54) is 5.56 Å². The fourth-order valence-electron chi connectivity index (χ4n) is 2.54. The van der Waals surface area contributed by atoms with Crippen LogP contribution in [0.25, 0.3) is 0 Å². The van der Waals surface area contributed by atoms with E-state index in [9.17, 15) is 4.79 Å². The first-order valence-electron chi connectivity index (χ1n) is 7.31. The summed E-state index contributed by atoms with van der Waals surface area (Å²) in [5, 5.41) is 7.65. The van der Waals surface area contributed by atoms with Crippen molar-refractivity contribution in [3.8, 4) is 0 Å². The van der Waals surface area contributed by atoms with Gasteiger partial charge in [0.15, 0.2) is 0 Å². The molecule has 0 spiro atoms. The molecule has 1 aliphatic heterocycles. The van der Waals surface area contributed by atoms with Crippen LogP contribution in [0.2, 0.25) is 0 Å². The molecule has 112 valence electrons. The Morgan fingerprint density at radius 3 is 2.90 bits per heavy atom. The third-order valence-electron chi connectivity index (χ3n) is 3.62. The lowest BCUT2D eigenvalue weighted by Gasteiger charge is -2.23. The van der Waals surface area contributed by atoms with E-state index in [0.717, 1.165) is 19.6 Å². The third-order valence-corrected chi connectivity index (χ3v) is 4.32. The Morgan fingerprint density at radius 2 is 2.30 bits per heavy atom. The zero-order valence-corrected chi connectivity index (χ0v) is 13.3. The topological polar surface area (TPSA) is 41.6 Å². The SMILES string of the molecule is CCOCCCN1C(=O)C(C(C)C)NC1c1ccsc1. The van der Waals surface area contributed by atoms with E-state index in [1.54, 1.807) is 11.3 Å². The van der Waals surface area contributed by atoms with Crippen molar-refractivity contribution in [2.45, 2.75) is 39.4 Å².